The first-order chi connectivity index (χ1) is 15.6. The average Bonchev–Trinajstić information content (AvgIpc) is 2.84. The van der Waals surface area contributed by atoms with E-state index in [1.165, 1.54) is 12.1 Å². The van der Waals surface area contributed by atoms with Crippen molar-refractivity contribution in [2.45, 2.75) is 19.1 Å². The molecule has 0 saturated carbocycles. The number of benzene rings is 2. The normalized spacial score (nSPS) is 16.4. The van der Waals surface area contributed by atoms with E-state index in [0.29, 0.717) is 44.6 Å². The number of hydrogen-bond donors (Lipinski definition) is 3. The summed E-state index contributed by atoms with van der Waals surface area (Å²) in [6, 6.07) is 14.0. The van der Waals surface area contributed by atoms with E-state index >= 15 is 0 Å². The highest BCUT2D eigenvalue weighted by Crippen LogP contribution is 2.23. The molecule has 3 rings (SSSR count). The van der Waals surface area contributed by atoms with E-state index in [1.54, 1.807) is 7.11 Å². The predicted octanol–water partition coefficient (Wildman–Crippen LogP) is 3.11. The molecule has 33 heavy (non-hydrogen) atoms. The van der Waals surface area contributed by atoms with Gasteiger partial charge in [0.05, 0.1) is 39.0 Å². The lowest BCUT2D eigenvalue weighted by Gasteiger charge is -2.34. The molecule has 1 heterocycles. The van der Waals surface area contributed by atoms with E-state index in [1.807, 2.05) is 43.3 Å². The van der Waals surface area contributed by atoms with Gasteiger partial charge in [0.2, 0.25) is 0 Å². The topological polar surface area (TPSA) is 78.4 Å². The van der Waals surface area contributed by atoms with Crippen LogP contribution in [0.15, 0.2) is 53.5 Å². The molecule has 2 atom stereocenters. The molecule has 0 aromatic heterocycles. The fraction of sp³-hybridized carbons (Fsp3) is 0.458. The number of aliphatic imine (C=N–C) groups is 1. The summed E-state index contributed by atoms with van der Waals surface area (Å²) in [5.74, 6) is 1.07. The summed E-state index contributed by atoms with van der Waals surface area (Å²) in [5.41, 5.74) is 1.79. The number of nitrogens with one attached hydrogen (secondary N) is 2. The first-order valence-corrected chi connectivity index (χ1v) is 11.0. The molecule has 7 nitrogen and oxygen atoms in total. The molecule has 2 aromatic carbocycles. The summed E-state index contributed by atoms with van der Waals surface area (Å²) in [6.07, 6.45) is -0.707. The second-order valence-corrected chi connectivity index (χ2v) is 7.61. The van der Waals surface area contributed by atoms with Crippen LogP contribution in [-0.4, -0.2) is 69.0 Å². The Balaban J connectivity index is 0.00000385. The molecule has 1 saturated heterocycles. The number of aliphatic hydroxyl groups excluding tert-OH is 1. The number of aliphatic hydroxyl groups is 1. The molecule has 0 amide bonds. The van der Waals surface area contributed by atoms with E-state index in [0.717, 1.165) is 24.2 Å². The number of guanidine groups is 1. The molecule has 1 aliphatic rings. The van der Waals surface area contributed by atoms with Gasteiger partial charge in [-0.2, -0.15) is 0 Å². The maximum absolute atomic E-state index is 13.5. The van der Waals surface area contributed by atoms with E-state index in [9.17, 15) is 9.50 Å². The van der Waals surface area contributed by atoms with Crippen LogP contribution in [0.2, 0.25) is 0 Å². The Morgan fingerprint density at radius 2 is 1.88 bits per heavy atom. The molecule has 1 aliphatic heterocycles. The molecule has 3 N–H and O–H groups in total. The molecular formula is C24H34FIN4O3. The lowest BCUT2D eigenvalue weighted by atomic mass is 10.0. The Morgan fingerprint density at radius 3 is 2.55 bits per heavy atom. The second kappa shape index (κ2) is 14.3. The van der Waals surface area contributed by atoms with Crippen LogP contribution in [0, 0.1) is 5.82 Å². The zero-order chi connectivity index (χ0) is 22.8. The Bertz CT molecular complexity index is 863. The van der Waals surface area contributed by atoms with Crippen LogP contribution in [-0.2, 0) is 4.74 Å². The van der Waals surface area contributed by atoms with Crippen molar-refractivity contribution in [3.63, 3.8) is 0 Å². The van der Waals surface area contributed by atoms with Crippen LogP contribution in [0.3, 0.4) is 0 Å². The zero-order valence-corrected chi connectivity index (χ0v) is 21.5. The number of rotatable bonds is 9. The van der Waals surface area contributed by atoms with Gasteiger partial charge < -0.3 is 25.2 Å². The van der Waals surface area contributed by atoms with Crippen LogP contribution in [0.1, 0.15) is 30.2 Å². The first-order valence-electron chi connectivity index (χ1n) is 11.0. The number of ether oxygens (including phenoxy) is 2. The van der Waals surface area contributed by atoms with Gasteiger partial charge in [0, 0.05) is 26.2 Å². The van der Waals surface area contributed by atoms with Gasteiger partial charge in [-0.3, -0.25) is 9.89 Å². The van der Waals surface area contributed by atoms with Crippen molar-refractivity contribution in [1.29, 1.82) is 0 Å². The fourth-order valence-corrected chi connectivity index (χ4v) is 3.69. The van der Waals surface area contributed by atoms with Gasteiger partial charge >= 0.3 is 0 Å². The molecule has 0 aliphatic carbocycles. The summed E-state index contributed by atoms with van der Waals surface area (Å²) >= 11 is 0. The predicted molar refractivity (Wildman–Crippen MR) is 139 cm³/mol. The van der Waals surface area contributed by atoms with Gasteiger partial charge in [-0.1, -0.05) is 24.3 Å². The Morgan fingerprint density at radius 1 is 1.15 bits per heavy atom. The smallest absolute Gasteiger partial charge is 0.191 e. The number of hydrogen-bond acceptors (Lipinski definition) is 5. The number of morpholine rings is 1. The van der Waals surface area contributed by atoms with Crippen molar-refractivity contribution in [2.24, 2.45) is 4.99 Å². The van der Waals surface area contributed by atoms with Crippen molar-refractivity contribution in [1.82, 2.24) is 15.5 Å². The molecular weight excluding hydrogens is 538 g/mol. The standard InChI is InChI=1S/C24H33FN4O3.HI/c1-3-26-24(28-17-23(30)19-5-4-6-21(15-19)31-2)27-16-22(29-11-13-32-14-12-29)18-7-9-20(25)10-8-18;/h4-10,15,22-23,30H,3,11-14,16-17H2,1-2H3,(H2,26,27,28);1H. The van der Waals surface area contributed by atoms with Crippen molar-refractivity contribution in [3.8, 4) is 5.75 Å². The highest BCUT2D eigenvalue weighted by molar-refractivity contribution is 14.0. The van der Waals surface area contributed by atoms with Crippen molar-refractivity contribution in [3.05, 3.63) is 65.5 Å². The van der Waals surface area contributed by atoms with E-state index in [2.05, 4.69) is 15.5 Å². The average molecular weight is 572 g/mol. The number of nitrogens with zero attached hydrogens (tertiary/aromatic N) is 2. The van der Waals surface area contributed by atoms with Crippen molar-refractivity contribution >= 4 is 29.9 Å². The van der Waals surface area contributed by atoms with E-state index in [4.69, 9.17) is 14.5 Å². The molecule has 0 bridgehead atoms. The number of halogens is 2. The van der Waals surface area contributed by atoms with Crippen LogP contribution < -0.4 is 15.4 Å². The molecule has 0 spiro atoms. The largest absolute Gasteiger partial charge is 0.497 e. The zero-order valence-electron chi connectivity index (χ0n) is 19.2. The van der Waals surface area contributed by atoms with E-state index in [-0.39, 0.29) is 35.8 Å². The van der Waals surface area contributed by atoms with Crippen LogP contribution in [0.25, 0.3) is 0 Å². The molecule has 0 radical (unpaired) electrons. The number of methoxy groups -OCH3 is 1. The van der Waals surface area contributed by atoms with E-state index < -0.39 is 6.10 Å². The molecule has 2 unspecified atom stereocenters. The third kappa shape index (κ3) is 8.40. The Kier molecular flexibility index (Phi) is 11.9. The van der Waals surface area contributed by atoms with Crippen molar-refractivity contribution in [2.75, 3.05) is 53.0 Å². The van der Waals surface area contributed by atoms with Crippen LogP contribution in [0.5, 0.6) is 5.75 Å². The monoisotopic (exact) mass is 572 g/mol. The minimum absolute atomic E-state index is 0. The Hall–Kier alpha value is -1.95. The van der Waals surface area contributed by atoms with Crippen molar-refractivity contribution < 1.29 is 19.0 Å². The van der Waals surface area contributed by atoms with Gasteiger partial charge in [-0.15, -0.1) is 24.0 Å². The first kappa shape index (κ1) is 27.3. The van der Waals surface area contributed by atoms with Gasteiger partial charge in [0.25, 0.3) is 0 Å². The third-order valence-electron chi connectivity index (χ3n) is 5.45. The summed E-state index contributed by atoms with van der Waals surface area (Å²) in [7, 11) is 1.60. The lowest BCUT2D eigenvalue weighted by molar-refractivity contribution is 0.0179. The minimum atomic E-state index is -0.707. The SMILES string of the molecule is CCNC(=NCC(c1ccc(F)cc1)N1CCOCC1)NCC(O)c1cccc(OC)c1.I. The van der Waals surface area contributed by atoms with Crippen LogP contribution in [0.4, 0.5) is 4.39 Å². The Labute approximate surface area is 212 Å². The molecule has 1 fully saturated rings. The van der Waals surface area contributed by atoms with Crippen LogP contribution >= 0.6 is 24.0 Å². The van der Waals surface area contributed by atoms with Gasteiger partial charge in [0.15, 0.2) is 5.96 Å². The molecule has 2 aromatic rings. The highest BCUT2D eigenvalue weighted by atomic mass is 127. The quantitative estimate of drug-likeness (QED) is 0.244. The second-order valence-electron chi connectivity index (χ2n) is 7.61. The maximum atomic E-state index is 13.5. The van der Waals surface area contributed by atoms with Gasteiger partial charge in [0.1, 0.15) is 11.6 Å². The molecule has 9 heteroatoms. The minimum Gasteiger partial charge on any atom is -0.497 e. The molecule has 182 valence electrons. The summed E-state index contributed by atoms with van der Waals surface area (Å²) in [6.45, 7) is 6.44. The summed E-state index contributed by atoms with van der Waals surface area (Å²) in [5, 5.41) is 17.0. The van der Waals surface area contributed by atoms with Gasteiger partial charge in [-0.25, -0.2) is 4.39 Å². The maximum Gasteiger partial charge on any atom is 0.191 e. The lowest BCUT2D eigenvalue weighted by Crippen LogP contribution is -2.42. The van der Waals surface area contributed by atoms with Gasteiger partial charge in [-0.05, 0) is 42.3 Å². The highest BCUT2D eigenvalue weighted by Gasteiger charge is 2.23. The summed E-state index contributed by atoms with van der Waals surface area (Å²) < 4.78 is 24.2. The fourth-order valence-electron chi connectivity index (χ4n) is 3.69. The third-order valence-corrected chi connectivity index (χ3v) is 5.45. The summed E-state index contributed by atoms with van der Waals surface area (Å²) in [4.78, 5) is 7.08.